The number of nitrogens with one attached hydrogen (secondary N) is 2. The van der Waals surface area contributed by atoms with E-state index in [4.69, 9.17) is 4.74 Å². The number of para-hydroxylation sites is 1. The van der Waals surface area contributed by atoms with Crippen molar-refractivity contribution in [3.63, 3.8) is 0 Å². The van der Waals surface area contributed by atoms with Gasteiger partial charge in [0.05, 0.1) is 16.7 Å². The summed E-state index contributed by atoms with van der Waals surface area (Å²) in [5.41, 5.74) is -2.92. The summed E-state index contributed by atoms with van der Waals surface area (Å²) in [5, 5.41) is 0. The first-order valence-corrected chi connectivity index (χ1v) is 12.7. The quantitative estimate of drug-likeness (QED) is 0.239. The number of anilines is 1. The van der Waals surface area contributed by atoms with E-state index >= 15 is 0 Å². The molecule has 4 aromatic rings. The largest absolute Gasteiger partial charge is 0.516 e. The highest BCUT2D eigenvalue weighted by Crippen LogP contribution is 2.33. The first-order valence-electron chi connectivity index (χ1n) is 11.2. The summed E-state index contributed by atoms with van der Waals surface area (Å²) >= 11 is 0. The number of nitrogens with zero attached hydrogens (tertiary/aromatic N) is 1. The zero-order valence-electron chi connectivity index (χ0n) is 19.7. The minimum atomic E-state index is -5.60. The molecule has 202 valence electrons. The van der Waals surface area contributed by atoms with E-state index in [1.807, 2.05) is 0 Å². The maximum Gasteiger partial charge on any atom is 0.516 e. The Kier molecular flexibility index (Phi) is 7.33. The number of rotatable bonds is 8. The molecule has 0 aliphatic carbocycles. The van der Waals surface area contributed by atoms with E-state index in [-0.39, 0.29) is 17.0 Å². The Morgan fingerprint density at radius 1 is 0.947 bits per heavy atom. The number of hydrogen-bond donors (Lipinski definition) is 2. The van der Waals surface area contributed by atoms with Crippen LogP contribution in [0.5, 0.6) is 5.75 Å². The van der Waals surface area contributed by atoms with E-state index in [1.54, 1.807) is 41.1 Å². The lowest BCUT2D eigenvalue weighted by Gasteiger charge is -2.17. The van der Waals surface area contributed by atoms with Crippen molar-refractivity contribution in [1.82, 2.24) is 9.97 Å². The monoisotopic (exact) mass is 557 g/mol. The smallest absolute Gasteiger partial charge is 0.481 e. The maximum atomic E-state index is 12.9. The highest BCUT2D eigenvalue weighted by molar-refractivity contribution is 7.93. The summed E-state index contributed by atoms with van der Waals surface area (Å²) in [5.74, 6) is 0.724. The summed E-state index contributed by atoms with van der Waals surface area (Å²) in [7, 11) is -5.60. The van der Waals surface area contributed by atoms with E-state index in [2.05, 4.69) is 9.97 Å². The van der Waals surface area contributed by atoms with Crippen molar-refractivity contribution in [2.24, 2.45) is 0 Å². The zero-order chi connectivity index (χ0) is 27.7. The van der Waals surface area contributed by atoms with Crippen molar-refractivity contribution in [2.75, 3.05) is 4.72 Å². The maximum absolute atomic E-state index is 12.9. The van der Waals surface area contributed by atoms with Crippen LogP contribution in [0.15, 0.2) is 66.7 Å². The Morgan fingerprint density at radius 3 is 2.29 bits per heavy atom. The number of fused-ring (bicyclic) bond motifs is 1. The Balaban J connectivity index is 1.48. The number of aromatic nitrogens is 2. The molecule has 2 N–H and O–H groups in total. The molecule has 0 saturated carbocycles. The van der Waals surface area contributed by atoms with Gasteiger partial charge in [-0.25, -0.2) is 4.98 Å². The van der Waals surface area contributed by atoms with Crippen LogP contribution in [0.3, 0.4) is 0 Å². The van der Waals surface area contributed by atoms with Gasteiger partial charge in [0, 0.05) is 12.0 Å². The molecule has 0 aliphatic heterocycles. The van der Waals surface area contributed by atoms with Crippen molar-refractivity contribution >= 4 is 26.7 Å². The van der Waals surface area contributed by atoms with Gasteiger partial charge in [0.2, 0.25) is 0 Å². The van der Waals surface area contributed by atoms with Gasteiger partial charge in [-0.15, -0.1) is 0 Å². The Labute approximate surface area is 213 Å². The van der Waals surface area contributed by atoms with Gasteiger partial charge in [-0.3, -0.25) is 4.72 Å². The average Bonchev–Trinajstić information content (AvgIpc) is 3.24. The molecule has 6 nitrogen and oxygen atoms in total. The van der Waals surface area contributed by atoms with Gasteiger partial charge in [-0.05, 0) is 54.8 Å². The number of hydrogen-bond acceptors (Lipinski definition) is 4. The van der Waals surface area contributed by atoms with E-state index in [9.17, 15) is 34.8 Å². The number of halogens is 6. The lowest BCUT2D eigenvalue weighted by atomic mass is 10.0. The minimum absolute atomic E-state index is 0.104. The topological polar surface area (TPSA) is 84.1 Å². The van der Waals surface area contributed by atoms with Crippen LogP contribution in [0, 0.1) is 0 Å². The van der Waals surface area contributed by atoms with E-state index in [1.165, 1.54) is 30.3 Å². The standard InChI is InChI=1S/C25H21F6N3O3S/c1-15(24(26,27)28)37-18-10-6-16(7-11-18)8-13-23-32-21-12-9-17(14-22(21)33-23)19-4-2-3-5-20(19)34-38(35,36)25(29,30)31/h2-7,9-12,14-15,34H,8,13H2,1H3,(H,32,33). The minimum Gasteiger partial charge on any atom is -0.481 e. The molecule has 0 radical (unpaired) electrons. The van der Waals surface area contributed by atoms with Crippen LogP contribution in [0.4, 0.5) is 32.0 Å². The lowest BCUT2D eigenvalue weighted by Crippen LogP contribution is -2.31. The molecule has 0 amide bonds. The number of alkyl halides is 6. The van der Waals surface area contributed by atoms with Crippen LogP contribution >= 0.6 is 0 Å². The molecule has 1 heterocycles. The number of ether oxygens (including phenoxy) is 1. The van der Waals surface area contributed by atoms with Crippen LogP contribution < -0.4 is 9.46 Å². The second-order valence-electron chi connectivity index (χ2n) is 8.46. The number of aryl methyl sites for hydroxylation is 2. The molecule has 38 heavy (non-hydrogen) atoms. The fraction of sp³-hybridized carbons (Fsp3) is 0.240. The molecule has 1 atom stereocenters. The van der Waals surface area contributed by atoms with E-state index in [0.29, 0.717) is 35.3 Å². The van der Waals surface area contributed by atoms with Crippen LogP contribution in [0.25, 0.3) is 22.2 Å². The predicted molar refractivity (Wildman–Crippen MR) is 130 cm³/mol. The van der Waals surface area contributed by atoms with Crippen LogP contribution in [0.1, 0.15) is 18.3 Å². The SMILES string of the molecule is CC(Oc1ccc(CCc2nc3ccc(-c4ccccc4NS(=O)(=O)C(F)(F)F)cc3[nH]2)cc1)C(F)(F)F. The molecular formula is C25H21F6N3O3S. The molecule has 13 heteroatoms. The van der Waals surface area contributed by atoms with Crippen molar-refractivity contribution in [3.8, 4) is 16.9 Å². The first-order chi connectivity index (χ1) is 17.7. The van der Waals surface area contributed by atoms with Crippen molar-refractivity contribution in [1.29, 1.82) is 0 Å². The Hall–Kier alpha value is -3.74. The van der Waals surface area contributed by atoms with Crippen molar-refractivity contribution < 1.29 is 39.5 Å². The number of aromatic amines is 1. The zero-order valence-corrected chi connectivity index (χ0v) is 20.5. The summed E-state index contributed by atoms with van der Waals surface area (Å²) in [6, 6.07) is 16.9. The van der Waals surface area contributed by atoms with Gasteiger partial charge < -0.3 is 9.72 Å². The lowest BCUT2D eigenvalue weighted by molar-refractivity contribution is -0.189. The molecule has 0 saturated heterocycles. The van der Waals surface area contributed by atoms with Gasteiger partial charge in [-0.2, -0.15) is 34.8 Å². The molecule has 0 spiro atoms. The Bertz CT molecular complexity index is 1530. The van der Waals surface area contributed by atoms with Crippen LogP contribution in [-0.4, -0.2) is 36.2 Å². The summed E-state index contributed by atoms with van der Waals surface area (Å²) in [6.45, 7) is 0.931. The van der Waals surface area contributed by atoms with Crippen LogP contribution in [0.2, 0.25) is 0 Å². The first kappa shape index (κ1) is 27.3. The summed E-state index contributed by atoms with van der Waals surface area (Å²) in [6.07, 6.45) is -5.38. The fourth-order valence-electron chi connectivity index (χ4n) is 3.64. The summed E-state index contributed by atoms with van der Waals surface area (Å²) in [4.78, 5) is 7.64. The second-order valence-corrected chi connectivity index (χ2v) is 10.1. The van der Waals surface area contributed by atoms with Gasteiger partial charge in [0.15, 0.2) is 6.10 Å². The molecule has 1 aromatic heterocycles. The van der Waals surface area contributed by atoms with Crippen LogP contribution in [-0.2, 0) is 22.9 Å². The van der Waals surface area contributed by atoms with E-state index < -0.39 is 27.8 Å². The normalized spacial score (nSPS) is 13.4. The summed E-state index contributed by atoms with van der Waals surface area (Å²) < 4.78 is 106. The third-order valence-electron chi connectivity index (χ3n) is 5.67. The van der Waals surface area contributed by atoms with Gasteiger partial charge in [0.1, 0.15) is 11.6 Å². The third kappa shape index (κ3) is 6.21. The highest BCUT2D eigenvalue weighted by Gasteiger charge is 2.46. The number of H-pyrrole nitrogens is 1. The van der Waals surface area contributed by atoms with Gasteiger partial charge in [0.25, 0.3) is 0 Å². The van der Waals surface area contributed by atoms with Crippen molar-refractivity contribution in [3.05, 3.63) is 78.1 Å². The number of imidazole rings is 1. The number of sulfonamides is 1. The van der Waals surface area contributed by atoms with Crippen molar-refractivity contribution in [2.45, 2.75) is 37.6 Å². The fourth-order valence-corrected chi connectivity index (χ4v) is 4.23. The molecule has 0 bridgehead atoms. The predicted octanol–water partition coefficient (Wildman–Crippen LogP) is 6.61. The molecule has 0 aliphatic rings. The Morgan fingerprint density at radius 2 is 1.63 bits per heavy atom. The molecule has 0 fully saturated rings. The highest BCUT2D eigenvalue weighted by atomic mass is 32.2. The molecule has 1 unspecified atom stereocenters. The molecule has 4 rings (SSSR count). The second kappa shape index (κ2) is 10.2. The average molecular weight is 558 g/mol. The van der Waals surface area contributed by atoms with Gasteiger partial charge in [-0.1, -0.05) is 36.4 Å². The van der Waals surface area contributed by atoms with Gasteiger partial charge >= 0.3 is 21.7 Å². The molecule has 3 aromatic carbocycles. The third-order valence-corrected chi connectivity index (χ3v) is 6.76. The van der Waals surface area contributed by atoms with E-state index in [0.717, 1.165) is 12.5 Å². The molecular weight excluding hydrogens is 536 g/mol. The number of benzene rings is 3.